The minimum atomic E-state index is -1.06. The van der Waals surface area contributed by atoms with Gasteiger partial charge in [0.2, 0.25) is 0 Å². The molecule has 1 aromatic rings. The Hall–Kier alpha value is -1.85. The topological polar surface area (TPSA) is 84.2 Å². The lowest BCUT2D eigenvalue weighted by atomic mass is 10.2. The fraction of sp³-hybridized carbons (Fsp3) is 0.545. The average molecular weight is 239 g/mol. The molecule has 2 N–H and O–H groups in total. The summed E-state index contributed by atoms with van der Waals surface area (Å²) in [4.78, 5) is 22.0. The van der Waals surface area contributed by atoms with Crippen LogP contribution in [0.5, 0.6) is 0 Å². The first-order valence-electron chi connectivity index (χ1n) is 5.44. The van der Waals surface area contributed by atoms with E-state index in [0.29, 0.717) is 11.5 Å². The van der Waals surface area contributed by atoms with Crippen molar-refractivity contribution in [1.82, 2.24) is 15.1 Å². The van der Waals surface area contributed by atoms with Crippen LogP contribution in [-0.4, -0.2) is 33.3 Å². The van der Waals surface area contributed by atoms with Gasteiger partial charge in [0.15, 0.2) is 0 Å². The second kappa shape index (κ2) is 5.47. The van der Waals surface area contributed by atoms with Crippen LogP contribution in [0, 0.1) is 12.8 Å². The first-order valence-corrected chi connectivity index (χ1v) is 5.44. The molecule has 94 valence electrons. The molecule has 0 aliphatic rings. The van der Waals surface area contributed by atoms with Gasteiger partial charge in [-0.05, 0) is 12.8 Å². The summed E-state index contributed by atoms with van der Waals surface area (Å²) in [5.41, 5.74) is 1.17. The van der Waals surface area contributed by atoms with E-state index >= 15 is 0 Å². The van der Waals surface area contributed by atoms with E-state index in [1.165, 1.54) is 6.20 Å². The Morgan fingerprint density at radius 2 is 2.18 bits per heavy atom. The predicted molar refractivity (Wildman–Crippen MR) is 61.8 cm³/mol. The maximum absolute atomic E-state index is 11.6. The maximum atomic E-state index is 11.6. The summed E-state index contributed by atoms with van der Waals surface area (Å²) in [6, 6.07) is 0. The Balaban J connectivity index is 2.74. The van der Waals surface area contributed by atoms with Gasteiger partial charge in [-0.1, -0.05) is 13.8 Å². The molecule has 1 rings (SSSR count). The van der Waals surface area contributed by atoms with Gasteiger partial charge in [-0.2, -0.15) is 5.10 Å². The van der Waals surface area contributed by atoms with E-state index in [-0.39, 0.29) is 6.54 Å². The third-order valence-electron chi connectivity index (χ3n) is 2.29. The molecule has 0 bridgehead atoms. The highest BCUT2D eigenvalue weighted by atomic mass is 16.4. The Kier molecular flexibility index (Phi) is 4.25. The van der Waals surface area contributed by atoms with Crippen molar-refractivity contribution in [3.05, 3.63) is 17.5 Å². The Labute approximate surface area is 99.6 Å². The van der Waals surface area contributed by atoms with Gasteiger partial charge in [-0.3, -0.25) is 14.3 Å². The molecule has 0 aliphatic heterocycles. The number of aromatic nitrogens is 2. The number of carbonyl (C=O) groups is 2. The molecule has 0 aromatic carbocycles. The van der Waals surface area contributed by atoms with E-state index in [0.717, 1.165) is 12.2 Å². The summed E-state index contributed by atoms with van der Waals surface area (Å²) < 4.78 is 1.75. The summed E-state index contributed by atoms with van der Waals surface area (Å²) in [6.45, 7) is 6.27. The number of carboxylic acid groups (broad SMARTS) is 1. The van der Waals surface area contributed by atoms with E-state index in [2.05, 4.69) is 24.3 Å². The third kappa shape index (κ3) is 3.58. The number of nitrogens with one attached hydrogen (secondary N) is 1. The highest BCUT2D eigenvalue weighted by molar-refractivity contribution is 5.96. The van der Waals surface area contributed by atoms with E-state index < -0.39 is 11.9 Å². The number of nitrogens with zero attached hydrogens (tertiary/aromatic N) is 2. The fourth-order valence-electron chi connectivity index (χ4n) is 1.45. The minimum absolute atomic E-state index is 0.381. The highest BCUT2D eigenvalue weighted by Crippen LogP contribution is 2.09. The number of carboxylic acids is 1. The summed E-state index contributed by atoms with van der Waals surface area (Å²) >= 11 is 0. The minimum Gasteiger partial charge on any atom is -0.480 e. The molecule has 0 saturated heterocycles. The first-order chi connectivity index (χ1) is 7.91. The number of carbonyl (C=O) groups excluding carboxylic acids is 1. The van der Waals surface area contributed by atoms with Gasteiger partial charge < -0.3 is 10.4 Å². The van der Waals surface area contributed by atoms with Crippen molar-refractivity contribution in [1.29, 1.82) is 0 Å². The van der Waals surface area contributed by atoms with Crippen LogP contribution in [-0.2, 0) is 11.3 Å². The third-order valence-corrected chi connectivity index (χ3v) is 2.29. The molecule has 0 aliphatic carbocycles. The monoisotopic (exact) mass is 239 g/mol. The maximum Gasteiger partial charge on any atom is 0.322 e. The number of rotatable bonds is 5. The second-order valence-corrected chi connectivity index (χ2v) is 4.30. The van der Waals surface area contributed by atoms with E-state index in [9.17, 15) is 9.59 Å². The van der Waals surface area contributed by atoms with Crippen molar-refractivity contribution in [2.75, 3.05) is 6.54 Å². The van der Waals surface area contributed by atoms with Crippen LogP contribution in [0.15, 0.2) is 6.20 Å². The average Bonchev–Trinajstić information content (AvgIpc) is 2.56. The summed E-state index contributed by atoms with van der Waals surface area (Å²) in [5, 5.41) is 14.9. The Morgan fingerprint density at radius 3 is 2.71 bits per heavy atom. The molecule has 6 nitrogen and oxygen atoms in total. The van der Waals surface area contributed by atoms with E-state index in [1.54, 1.807) is 11.6 Å². The van der Waals surface area contributed by atoms with Crippen LogP contribution in [0.2, 0.25) is 0 Å². The molecule has 1 aromatic heterocycles. The molecular formula is C11H17N3O3. The van der Waals surface area contributed by atoms with Crippen LogP contribution < -0.4 is 5.32 Å². The number of amides is 1. The zero-order valence-electron chi connectivity index (χ0n) is 10.2. The van der Waals surface area contributed by atoms with Crippen LogP contribution in [0.1, 0.15) is 29.9 Å². The second-order valence-electron chi connectivity index (χ2n) is 4.30. The SMILES string of the molecule is Cc1c(C(=O)NCC(=O)O)cnn1CC(C)C. The highest BCUT2D eigenvalue weighted by Gasteiger charge is 2.15. The van der Waals surface area contributed by atoms with Gasteiger partial charge in [0, 0.05) is 12.2 Å². The van der Waals surface area contributed by atoms with Crippen LogP contribution in [0.25, 0.3) is 0 Å². The van der Waals surface area contributed by atoms with Crippen molar-refractivity contribution in [3.63, 3.8) is 0 Å². The molecule has 6 heteroatoms. The molecular weight excluding hydrogens is 222 g/mol. The largest absolute Gasteiger partial charge is 0.480 e. The zero-order chi connectivity index (χ0) is 13.0. The van der Waals surface area contributed by atoms with Crippen molar-refractivity contribution in [2.24, 2.45) is 5.92 Å². The normalized spacial score (nSPS) is 10.6. The molecule has 0 radical (unpaired) electrons. The summed E-state index contributed by atoms with van der Waals surface area (Å²) in [7, 11) is 0. The lowest BCUT2D eigenvalue weighted by molar-refractivity contribution is -0.135. The van der Waals surface area contributed by atoms with Gasteiger partial charge in [0.25, 0.3) is 5.91 Å². The molecule has 0 atom stereocenters. The van der Waals surface area contributed by atoms with Gasteiger partial charge in [-0.25, -0.2) is 0 Å². The van der Waals surface area contributed by atoms with Gasteiger partial charge in [-0.15, -0.1) is 0 Å². The van der Waals surface area contributed by atoms with Crippen LogP contribution in [0.3, 0.4) is 0 Å². The lowest BCUT2D eigenvalue weighted by Crippen LogP contribution is -2.29. The quantitative estimate of drug-likeness (QED) is 0.790. The Morgan fingerprint density at radius 1 is 1.53 bits per heavy atom. The van der Waals surface area contributed by atoms with Crippen LogP contribution >= 0.6 is 0 Å². The van der Waals surface area contributed by atoms with Crippen molar-refractivity contribution < 1.29 is 14.7 Å². The van der Waals surface area contributed by atoms with E-state index in [4.69, 9.17) is 5.11 Å². The number of aliphatic carboxylic acids is 1. The summed E-state index contributed by atoms with van der Waals surface area (Å²) in [5.74, 6) is -1.03. The van der Waals surface area contributed by atoms with Crippen molar-refractivity contribution in [3.8, 4) is 0 Å². The molecule has 1 heterocycles. The van der Waals surface area contributed by atoms with Crippen LogP contribution in [0.4, 0.5) is 0 Å². The lowest BCUT2D eigenvalue weighted by Gasteiger charge is -2.07. The van der Waals surface area contributed by atoms with Crippen molar-refractivity contribution >= 4 is 11.9 Å². The zero-order valence-corrected chi connectivity index (χ0v) is 10.2. The number of hydrogen-bond donors (Lipinski definition) is 2. The predicted octanol–water partition coefficient (Wildman–Crippen LogP) is 0.662. The van der Waals surface area contributed by atoms with Gasteiger partial charge in [0.05, 0.1) is 11.8 Å². The summed E-state index contributed by atoms with van der Waals surface area (Å²) in [6.07, 6.45) is 1.47. The molecule has 0 spiro atoms. The molecule has 0 saturated carbocycles. The first kappa shape index (κ1) is 13.2. The van der Waals surface area contributed by atoms with Gasteiger partial charge >= 0.3 is 5.97 Å². The van der Waals surface area contributed by atoms with E-state index in [1.807, 2.05) is 0 Å². The Bertz CT molecular complexity index is 424. The van der Waals surface area contributed by atoms with Gasteiger partial charge in [0.1, 0.15) is 6.54 Å². The smallest absolute Gasteiger partial charge is 0.322 e. The molecule has 1 amide bonds. The standard InChI is InChI=1S/C11H17N3O3/c1-7(2)6-14-8(3)9(4-13-14)11(17)12-5-10(15)16/h4,7H,5-6H2,1-3H3,(H,12,17)(H,15,16). The number of hydrogen-bond acceptors (Lipinski definition) is 3. The van der Waals surface area contributed by atoms with Crippen molar-refractivity contribution in [2.45, 2.75) is 27.3 Å². The molecule has 17 heavy (non-hydrogen) atoms. The molecule has 0 fully saturated rings. The molecule has 0 unspecified atom stereocenters. The fourth-order valence-corrected chi connectivity index (χ4v) is 1.45.